The van der Waals surface area contributed by atoms with Crippen LogP contribution >= 0.6 is 15.9 Å². The van der Waals surface area contributed by atoms with Crippen LogP contribution in [-0.2, 0) is 6.61 Å². The fourth-order valence-corrected chi connectivity index (χ4v) is 2.62. The summed E-state index contributed by atoms with van der Waals surface area (Å²) in [5.41, 5.74) is 2.28. The minimum absolute atomic E-state index is 0.0931. The molecule has 0 atom stereocenters. The molecule has 0 saturated carbocycles. The van der Waals surface area contributed by atoms with E-state index in [2.05, 4.69) is 20.9 Å². The number of benzene rings is 1. The van der Waals surface area contributed by atoms with E-state index in [9.17, 15) is 8.78 Å². The molecule has 6 heteroatoms. The van der Waals surface area contributed by atoms with Crippen LogP contribution in [0.25, 0.3) is 5.65 Å². The number of ether oxygens (including phenoxy) is 1. The maximum atomic E-state index is 13.7. The number of fused-ring (bicyclic) bond motifs is 1. The first kappa shape index (κ1) is 15.0. The van der Waals surface area contributed by atoms with E-state index in [4.69, 9.17) is 4.74 Å². The summed E-state index contributed by atoms with van der Waals surface area (Å²) in [4.78, 5) is 4.41. The van der Waals surface area contributed by atoms with Crippen LogP contribution in [0.15, 0.2) is 35.1 Å². The van der Waals surface area contributed by atoms with Gasteiger partial charge in [-0.05, 0) is 53.5 Å². The van der Waals surface area contributed by atoms with Crippen molar-refractivity contribution in [1.29, 1.82) is 0 Å². The van der Waals surface area contributed by atoms with Crippen molar-refractivity contribution in [2.75, 3.05) is 0 Å². The molecule has 0 N–H and O–H groups in total. The lowest BCUT2D eigenvalue weighted by atomic mass is 10.2. The number of nitrogens with zero attached hydrogens (tertiary/aromatic N) is 2. The molecule has 0 amide bonds. The molecule has 0 unspecified atom stereocenters. The molecule has 2 heterocycles. The highest BCUT2D eigenvalue weighted by molar-refractivity contribution is 9.10. The van der Waals surface area contributed by atoms with Crippen LogP contribution in [0.1, 0.15) is 16.8 Å². The number of pyridine rings is 1. The van der Waals surface area contributed by atoms with Crippen LogP contribution in [0.3, 0.4) is 0 Å². The highest BCUT2D eigenvalue weighted by Gasteiger charge is 2.14. The number of aromatic nitrogens is 2. The first-order chi connectivity index (χ1) is 10.5. The SMILES string of the molecule is Cc1cc(OCc2c(F)cccc2F)c2nc(C)c(Br)n2c1. The summed E-state index contributed by atoms with van der Waals surface area (Å²) in [5.74, 6) is -0.759. The van der Waals surface area contributed by atoms with Gasteiger partial charge in [0.1, 0.15) is 22.8 Å². The third-order valence-electron chi connectivity index (χ3n) is 3.36. The zero-order chi connectivity index (χ0) is 15.9. The van der Waals surface area contributed by atoms with Gasteiger partial charge in [0.2, 0.25) is 0 Å². The second-order valence-electron chi connectivity index (χ2n) is 5.05. The Bertz CT molecular complexity index is 841. The lowest BCUT2D eigenvalue weighted by Crippen LogP contribution is -2.03. The average molecular weight is 367 g/mol. The Morgan fingerprint density at radius 1 is 1.23 bits per heavy atom. The van der Waals surface area contributed by atoms with Gasteiger partial charge in [-0.3, -0.25) is 4.40 Å². The average Bonchev–Trinajstić information content (AvgIpc) is 2.74. The molecule has 3 aromatic rings. The van der Waals surface area contributed by atoms with Gasteiger partial charge in [0, 0.05) is 6.20 Å². The summed E-state index contributed by atoms with van der Waals surface area (Å²) in [6.07, 6.45) is 1.91. The second-order valence-corrected chi connectivity index (χ2v) is 5.80. The van der Waals surface area contributed by atoms with E-state index in [1.165, 1.54) is 18.2 Å². The van der Waals surface area contributed by atoms with E-state index in [0.717, 1.165) is 15.9 Å². The number of hydrogen-bond donors (Lipinski definition) is 0. The van der Waals surface area contributed by atoms with Gasteiger partial charge in [0.15, 0.2) is 11.4 Å². The molecule has 0 spiro atoms. The molecule has 0 fully saturated rings. The van der Waals surface area contributed by atoms with E-state index < -0.39 is 11.6 Å². The number of rotatable bonds is 3. The molecule has 2 aromatic heterocycles. The summed E-state index contributed by atoms with van der Waals surface area (Å²) in [6, 6.07) is 5.55. The molecule has 0 aliphatic heterocycles. The predicted molar refractivity (Wildman–Crippen MR) is 83.1 cm³/mol. The van der Waals surface area contributed by atoms with E-state index in [1.807, 2.05) is 24.4 Å². The highest BCUT2D eigenvalue weighted by Crippen LogP contribution is 2.27. The first-order valence-electron chi connectivity index (χ1n) is 6.68. The maximum Gasteiger partial charge on any atom is 0.180 e. The smallest absolute Gasteiger partial charge is 0.180 e. The number of aryl methyl sites for hydroxylation is 2. The highest BCUT2D eigenvalue weighted by atomic mass is 79.9. The molecule has 0 aliphatic rings. The topological polar surface area (TPSA) is 26.5 Å². The van der Waals surface area contributed by atoms with E-state index in [0.29, 0.717) is 11.4 Å². The molecule has 0 aliphatic carbocycles. The molecule has 1 aromatic carbocycles. The molecule has 0 radical (unpaired) electrons. The predicted octanol–water partition coefficient (Wildman–Crippen LogP) is 4.57. The molecular formula is C16H13BrF2N2O. The molecule has 0 bridgehead atoms. The van der Waals surface area contributed by atoms with Crippen LogP contribution in [0.4, 0.5) is 8.78 Å². The Morgan fingerprint density at radius 3 is 2.59 bits per heavy atom. The van der Waals surface area contributed by atoms with Crippen LogP contribution in [0.5, 0.6) is 5.75 Å². The molecule has 0 saturated heterocycles. The minimum atomic E-state index is -0.621. The largest absolute Gasteiger partial charge is 0.485 e. The first-order valence-corrected chi connectivity index (χ1v) is 7.47. The van der Waals surface area contributed by atoms with E-state index in [-0.39, 0.29) is 12.2 Å². The van der Waals surface area contributed by atoms with Crippen molar-refractivity contribution in [3.8, 4) is 5.75 Å². The molecular weight excluding hydrogens is 354 g/mol. The third-order valence-corrected chi connectivity index (χ3v) is 4.31. The summed E-state index contributed by atoms with van der Waals surface area (Å²) < 4.78 is 35.6. The molecule has 3 nitrogen and oxygen atoms in total. The summed E-state index contributed by atoms with van der Waals surface area (Å²) in [5, 5.41) is 0. The molecule has 114 valence electrons. The Labute approximate surface area is 134 Å². The summed E-state index contributed by atoms with van der Waals surface area (Å²) >= 11 is 3.46. The minimum Gasteiger partial charge on any atom is -0.485 e. The van der Waals surface area contributed by atoms with Crippen molar-refractivity contribution in [3.63, 3.8) is 0 Å². The monoisotopic (exact) mass is 366 g/mol. The number of hydrogen-bond acceptors (Lipinski definition) is 2. The van der Waals surface area contributed by atoms with Gasteiger partial charge in [-0.2, -0.15) is 0 Å². The van der Waals surface area contributed by atoms with Crippen LogP contribution in [0, 0.1) is 25.5 Å². The Balaban J connectivity index is 1.99. The third kappa shape index (κ3) is 2.59. The van der Waals surface area contributed by atoms with Crippen LogP contribution < -0.4 is 4.74 Å². The summed E-state index contributed by atoms with van der Waals surface area (Å²) in [6.45, 7) is 3.59. The van der Waals surface area contributed by atoms with Crippen molar-refractivity contribution in [2.24, 2.45) is 0 Å². The van der Waals surface area contributed by atoms with Crippen molar-refractivity contribution in [2.45, 2.75) is 20.5 Å². The van der Waals surface area contributed by atoms with Gasteiger partial charge in [-0.25, -0.2) is 13.8 Å². The zero-order valence-corrected chi connectivity index (χ0v) is 13.6. The Hall–Kier alpha value is -1.95. The van der Waals surface area contributed by atoms with Crippen molar-refractivity contribution < 1.29 is 13.5 Å². The Kier molecular flexibility index (Phi) is 3.87. The normalized spacial score (nSPS) is 11.1. The van der Waals surface area contributed by atoms with E-state index in [1.54, 1.807) is 6.07 Å². The van der Waals surface area contributed by atoms with Gasteiger partial charge in [0.25, 0.3) is 0 Å². The maximum absolute atomic E-state index is 13.7. The van der Waals surface area contributed by atoms with Crippen molar-refractivity contribution in [1.82, 2.24) is 9.38 Å². The quantitative estimate of drug-likeness (QED) is 0.678. The van der Waals surface area contributed by atoms with Crippen molar-refractivity contribution >= 4 is 21.6 Å². The number of imidazole rings is 1. The van der Waals surface area contributed by atoms with Gasteiger partial charge in [-0.15, -0.1) is 0 Å². The molecule has 3 rings (SSSR count). The zero-order valence-electron chi connectivity index (χ0n) is 12.0. The fraction of sp³-hybridized carbons (Fsp3) is 0.188. The van der Waals surface area contributed by atoms with Crippen LogP contribution in [-0.4, -0.2) is 9.38 Å². The van der Waals surface area contributed by atoms with E-state index >= 15 is 0 Å². The van der Waals surface area contributed by atoms with Crippen molar-refractivity contribution in [3.05, 3.63) is 63.5 Å². The van der Waals surface area contributed by atoms with Crippen LogP contribution in [0.2, 0.25) is 0 Å². The second kappa shape index (κ2) is 5.68. The summed E-state index contributed by atoms with van der Waals surface area (Å²) in [7, 11) is 0. The lowest BCUT2D eigenvalue weighted by molar-refractivity contribution is 0.294. The van der Waals surface area contributed by atoms with Gasteiger partial charge < -0.3 is 4.74 Å². The standard InChI is InChI=1S/C16H13BrF2N2O/c1-9-6-14(16-20-10(2)15(17)21(16)7-9)22-8-11-12(18)4-3-5-13(11)19/h3-7H,8H2,1-2H3. The van der Waals surface area contributed by atoms with Gasteiger partial charge in [-0.1, -0.05) is 6.07 Å². The fourth-order valence-electron chi connectivity index (χ4n) is 2.26. The lowest BCUT2D eigenvalue weighted by Gasteiger charge is -2.10. The van der Waals surface area contributed by atoms with Gasteiger partial charge in [0.05, 0.1) is 11.3 Å². The van der Waals surface area contributed by atoms with Gasteiger partial charge >= 0.3 is 0 Å². The Morgan fingerprint density at radius 2 is 1.91 bits per heavy atom. The molecule has 22 heavy (non-hydrogen) atoms. The number of halogens is 3.